The fourth-order valence-electron chi connectivity index (χ4n) is 2.00. The van der Waals surface area contributed by atoms with Crippen molar-refractivity contribution in [3.05, 3.63) is 51.8 Å². The number of amides is 1. The van der Waals surface area contributed by atoms with Crippen LogP contribution >= 0.6 is 23.2 Å². The molecule has 0 fully saturated rings. The minimum absolute atomic E-state index is 0.0881. The van der Waals surface area contributed by atoms with Crippen LogP contribution in [0.15, 0.2) is 30.3 Å². The van der Waals surface area contributed by atoms with E-state index in [1.165, 1.54) is 26.4 Å². The Labute approximate surface area is 160 Å². The van der Waals surface area contributed by atoms with Gasteiger partial charge in [0.05, 0.1) is 19.2 Å². The minimum Gasteiger partial charge on any atom is -0.493 e. The first kappa shape index (κ1) is 19.8. The molecule has 7 nitrogen and oxygen atoms in total. The SMILES string of the molecule is COc1ccc(CNC(=O)COC(=O)c2nc(Cl)ccc2Cl)cc1OC. The first-order valence-corrected chi connectivity index (χ1v) is 8.17. The highest BCUT2D eigenvalue weighted by molar-refractivity contribution is 6.34. The maximum Gasteiger partial charge on any atom is 0.359 e. The Kier molecular flexibility index (Phi) is 7.06. The summed E-state index contributed by atoms with van der Waals surface area (Å²) in [5.74, 6) is -0.181. The van der Waals surface area contributed by atoms with Crippen molar-refractivity contribution in [1.82, 2.24) is 10.3 Å². The average molecular weight is 399 g/mol. The third-order valence-corrected chi connectivity index (χ3v) is 3.79. The molecule has 0 saturated heterocycles. The molecule has 0 atom stereocenters. The topological polar surface area (TPSA) is 86.8 Å². The number of aromatic nitrogens is 1. The summed E-state index contributed by atoms with van der Waals surface area (Å²) in [4.78, 5) is 27.6. The number of carbonyl (C=O) groups is 2. The quantitative estimate of drug-likeness (QED) is 0.569. The normalized spacial score (nSPS) is 10.2. The van der Waals surface area contributed by atoms with Crippen molar-refractivity contribution >= 4 is 35.1 Å². The number of benzene rings is 1. The molecule has 1 aromatic carbocycles. The summed E-state index contributed by atoms with van der Waals surface area (Å²) in [6.07, 6.45) is 0. The Balaban J connectivity index is 1.87. The summed E-state index contributed by atoms with van der Waals surface area (Å²) in [5.41, 5.74) is 0.647. The Hall–Kier alpha value is -2.51. The zero-order valence-corrected chi connectivity index (χ0v) is 15.6. The van der Waals surface area contributed by atoms with Gasteiger partial charge in [-0.05, 0) is 29.8 Å². The van der Waals surface area contributed by atoms with Gasteiger partial charge in [-0.1, -0.05) is 29.3 Å². The van der Waals surface area contributed by atoms with E-state index in [0.29, 0.717) is 11.5 Å². The van der Waals surface area contributed by atoms with E-state index in [1.54, 1.807) is 18.2 Å². The lowest BCUT2D eigenvalue weighted by atomic mass is 10.2. The van der Waals surface area contributed by atoms with Crippen molar-refractivity contribution in [1.29, 1.82) is 0 Å². The zero-order valence-electron chi connectivity index (χ0n) is 14.0. The second-order valence-electron chi connectivity index (χ2n) is 5.01. The maximum absolute atomic E-state index is 11.9. The third-order valence-electron chi connectivity index (χ3n) is 3.28. The van der Waals surface area contributed by atoms with E-state index in [9.17, 15) is 9.59 Å². The molecule has 0 aliphatic rings. The lowest BCUT2D eigenvalue weighted by molar-refractivity contribution is -0.124. The summed E-state index contributed by atoms with van der Waals surface area (Å²) in [5, 5.41) is 2.81. The first-order valence-electron chi connectivity index (χ1n) is 7.41. The lowest BCUT2D eigenvalue weighted by Crippen LogP contribution is -2.28. The summed E-state index contributed by atoms with van der Waals surface area (Å²) in [6.45, 7) is -0.246. The molecule has 1 heterocycles. The van der Waals surface area contributed by atoms with Gasteiger partial charge in [0, 0.05) is 6.54 Å². The van der Waals surface area contributed by atoms with E-state index in [1.807, 2.05) is 0 Å². The highest BCUT2D eigenvalue weighted by Crippen LogP contribution is 2.27. The number of esters is 1. The van der Waals surface area contributed by atoms with Crippen LogP contribution in [-0.2, 0) is 16.1 Å². The Morgan fingerprint density at radius 3 is 2.50 bits per heavy atom. The number of hydrogen-bond donors (Lipinski definition) is 1. The van der Waals surface area contributed by atoms with Gasteiger partial charge >= 0.3 is 5.97 Å². The molecule has 0 aliphatic heterocycles. The number of carbonyl (C=O) groups excluding carboxylic acids is 2. The number of rotatable bonds is 7. The van der Waals surface area contributed by atoms with Crippen molar-refractivity contribution in [2.24, 2.45) is 0 Å². The van der Waals surface area contributed by atoms with Gasteiger partial charge in [0.25, 0.3) is 5.91 Å². The van der Waals surface area contributed by atoms with Gasteiger partial charge in [-0.3, -0.25) is 4.79 Å². The molecule has 1 aromatic heterocycles. The molecule has 26 heavy (non-hydrogen) atoms. The van der Waals surface area contributed by atoms with Crippen molar-refractivity contribution < 1.29 is 23.8 Å². The molecule has 0 aliphatic carbocycles. The summed E-state index contributed by atoms with van der Waals surface area (Å²) >= 11 is 11.6. The van der Waals surface area contributed by atoms with E-state index in [0.717, 1.165) is 5.56 Å². The van der Waals surface area contributed by atoms with Crippen LogP contribution in [-0.4, -0.2) is 37.7 Å². The molecular formula is C17H16Cl2N2O5. The molecule has 9 heteroatoms. The number of nitrogens with zero attached hydrogens (tertiary/aromatic N) is 1. The fraction of sp³-hybridized carbons (Fsp3) is 0.235. The second-order valence-corrected chi connectivity index (χ2v) is 5.80. The standard InChI is InChI=1S/C17H16Cl2N2O5/c1-24-12-5-3-10(7-13(12)25-2)8-20-15(22)9-26-17(23)16-11(18)4-6-14(19)21-16/h3-7H,8-9H2,1-2H3,(H,20,22). The first-order chi connectivity index (χ1) is 12.4. The van der Waals surface area contributed by atoms with E-state index in [-0.39, 0.29) is 22.4 Å². The van der Waals surface area contributed by atoms with Crippen molar-refractivity contribution in [2.45, 2.75) is 6.54 Å². The molecule has 0 saturated carbocycles. The summed E-state index contributed by atoms with van der Waals surface area (Å²) in [7, 11) is 3.06. The number of halogens is 2. The van der Waals surface area contributed by atoms with Gasteiger partial charge in [-0.15, -0.1) is 0 Å². The number of hydrogen-bond acceptors (Lipinski definition) is 6. The van der Waals surface area contributed by atoms with Gasteiger partial charge in [0.15, 0.2) is 23.8 Å². The number of methoxy groups -OCH3 is 2. The largest absolute Gasteiger partial charge is 0.493 e. The fourth-order valence-corrected chi connectivity index (χ4v) is 2.33. The Bertz CT molecular complexity index is 814. The third kappa shape index (κ3) is 5.24. The second kappa shape index (κ2) is 9.26. The maximum atomic E-state index is 11.9. The van der Waals surface area contributed by atoms with Crippen LogP contribution in [0, 0.1) is 0 Å². The molecule has 2 rings (SSSR count). The predicted molar refractivity (Wildman–Crippen MR) is 95.9 cm³/mol. The number of pyridine rings is 1. The zero-order chi connectivity index (χ0) is 19.1. The van der Waals surface area contributed by atoms with E-state index >= 15 is 0 Å². The van der Waals surface area contributed by atoms with Crippen molar-refractivity contribution in [2.75, 3.05) is 20.8 Å². The van der Waals surface area contributed by atoms with E-state index < -0.39 is 18.5 Å². The number of ether oxygens (including phenoxy) is 3. The van der Waals surface area contributed by atoms with Crippen LogP contribution < -0.4 is 14.8 Å². The van der Waals surface area contributed by atoms with Crippen LogP contribution in [0.1, 0.15) is 16.1 Å². The van der Waals surface area contributed by atoms with E-state index in [2.05, 4.69) is 10.3 Å². The van der Waals surface area contributed by atoms with Gasteiger partial charge in [-0.25, -0.2) is 9.78 Å². The molecule has 0 spiro atoms. The van der Waals surface area contributed by atoms with Crippen LogP contribution in [0.5, 0.6) is 11.5 Å². The lowest BCUT2D eigenvalue weighted by Gasteiger charge is -2.10. The predicted octanol–water partition coefficient (Wildman–Crippen LogP) is 2.88. The van der Waals surface area contributed by atoms with Crippen LogP contribution in [0.2, 0.25) is 10.2 Å². The van der Waals surface area contributed by atoms with Crippen molar-refractivity contribution in [3.63, 3.8) is 0 Å². The molecule has 2 aromatic rings. The molecule has 0 bridgehead atoms. The van der Waals surface area contributed by atoms with Gasteiger partial charge < -0.3 is 19.5 Å². The highest BCUT2D eigenvalue weighted by Gasteiger charge is 2.16. The molecule has 1 N–H and O–H groups in total. The Morgan fingerprint density at radius 1 is 1.08 bits per heavy atom. The van der Waals surface area contributed by atoms with Crippen LogP contribution in [0.25, 0.3) is 0 Å². The van der Waals surface area contributed by atoms with E-state index in [4.69, 9.17) is 37.4 Å². The van der Waals surface area contributed by atoms with Gasteiger partial charge in [0.1, 0.15) is 5.15 Å². The monoisotopic (exact) mass is 398 g/mol. The summed E-state index contributed by atoms with van der Waals surface area (Å²) < 4.78 is 15.2. The molecule has 1 amide bonds. The molecule has 0 unspecified atom stereocenters. The average Bonchev–Trinajstić information content (AvgIpc) is 2.65. The minimum atomic E-state index is -0.834. The van der Waals surface area contributed by atoms with Crippen molar-refractivity contribution in [3.8, 4) is 11.5 Å². The molecular weight excluding hydrogens is 383 g/mol. The Morgan fingerprint density at radius 2 is 1.81 bits per heavy atom. The van der Waals surface area contributed by atoms with Gasteiger partial charge in [-0.2, -0.15) is 0 Å². The number of nitrogens with one attached hydrogen (secondary N) is 1. The van der Waals surface area contributed by atoms with Gasteiger partial charge in [0.2, 0.25) is 0 Å². The molecule has 0 radical (unpaired) electrons. The van der Waals surface area contributed by atoms with Crippen LogP contribution in [0.3, 0.4) is 0 Å². The summed E-state index contributed by atoms with van der Waals surface area (Å²) in [6, 6.07) is 8.11. The van der Waals surface area contributed by atoms with Crippen LogP contribution in [0.4, 0.5) is 0 Å². The highest BCUT2D eigenvalue weighted by atomic mass is 35.5. The molecule has 138 valence electrons. The smallest absolute Gasteiger partial charge is 0.359 e.